The zero-order valence-corrected chi connectivity index (χ0v) is 49.3. The van der Waals surface area contributed by atoms with Crippen LogP contribution in [0.1, 0.15) is 131 Å². The van der Waals surface area contributed by atoms with Gasteiger partial charge in [-0.15, -0.1) is 5.10 Å². The molecule has 4 heterocycles. The molecule has 1 unspecified atom stereocenters. The van der Waals surface area contributed by atoms with E-state index in [0.717, 1.165) is 12.0 Å². The average molecular weight is 1130 g/mol. The molecule has 2 saturated heterocycles. The third-order valence-electron chi connectivity index (χ3n) is 17.0. The van der Waals surface area contributed by atoms with Crippen molar-refractivity contribution in [1.82, 2.24) is 24.8 Å². The third-order valence-corrected chi connectivity index (χ3v) is 17.0. The van der Waals surface area contributed by atoms with E-state index >= 15 is 0 Å². The normalized spacial score (nSPS) is 33.7. The SMILES string of the molecule is CO[C@H]1C[C@@H]2CC[C@@H](C)[C@@](O)(O2)C(=O)C(=O)N2CCCC[C@H]2C(=O)O[C@H]([C@H](C)C[C@@H]2CC[C@@H](OCc3cn(CCN(CCO)CCO)nn3)[C@H](OC)C2)CC(=O)/C(C)=C/C(C)[C@@H](O)[C@@H](OC)C(=O)[C@H](C)C[C@H](C)C=CC=CC=C1C. The topological polar surface area (TPSA) is 259 Å². The van der Waals surface area contributed by atoms with Crippen molar-refractivity contribution >= 4 is 29.2 Å². The minimum atomic E-state index is -2.45. The second-order valence-corrected chi connectivity index (χ2v) is 23.1. The fourth-order valence-corrected chi connectivity index (χ4v) is 11.9. The molecule has 1 aromatic heterocycles. The molecule has 1 aliphatic carbocycles. The molecule has 3 aliphatic heterocycles. The first-order chi connectivity index (χ1) is 38.2. The van der Waals surface area contributed by atoms with Gasteiger partial charge in [0.1, 0.15) is 23.9 Å². The Balaban J connectivity index is 1.39. The Morgan fingerprint density at radius 2 is 1.60 bits per heavy atom. The fourth-order valence-electron chi connectivity index (χ4n) is 11.9. The summed E-state index contributed by atoms with van der Waals surface area (Å²) in [6.07, 6.45) is 13.4. The van der Waals surface area contributed by atoms with Crippen molar-refractivity contribution in [2.75, 3.05) is 60.7 Å². The van der Waals surface area contributed by atoms with E-state index in [9.17, 15) is 44.4 Å². The van der Waals surface area contributed by atoms with Crippen LogP contribution in [-0.4, -0.2) is 190 Å². The molecule has 0 spiro atoms. The lowest BCUT2D eigenvalue weighted by molar-refractivity contribution is -0.265. The van der Waals surface area contributed by atoms with Crippen LogP contribution in [0.15, 0.2) is 53.8 Å². The summed E-state index contributed by atoms with van der Waals surface area (Å²) in [7, 11) is 4.60. The van der Waals surface area contributed by atoms with Gasteiger partial charge in [0.25, 0.3) is 11.7 Å². The van der Waals surface area contributed by atoms with E-state index < -0.39 is 77.8 Å². The van der Waals surface area contributed by atoms with Crippen molar-refractivity contribution in [2.24, 2.45) is 35.5 Å². The van der Waals surface area contributed by atoms with E-state index in [0.29, 0.717) is 95.2 Å². The maximum absolute atomic E-state index is 14.7. The number of esters is 1. The third kappa shape index (κ3) is 18.6. The van der Waals surface area contributed by atoms with Gasteiger partial charge in [0.2, 0.25) is 5.79 Å². The van der Waals surface area contributed by atoms with Crippen molar-refractivity contribution in [3.63, 3.8) is 0 Å². The molecular formula is C60H95N5O15. The number of nitrogens with zero attached hydrogens (tertiary/aromatic N) is 5. The van der Waals surface area contributed by atoms with Gasteiger partial charge in [0.05, 0.1) is 63.1 Å². The van der Waals surface area contributed by atoms with Gasteiger partial charge in [0.15, 0.2) is 11.6 Å². The van der Waals surface area contributed by atoms with Gasteiger partial charge in [-0.2, -0.15) is 0 Å². The van der Waals surface area contributed by atoms with Gasteiger partial charge >= 0.3 is 5.97 Å². The van der Waals surface area contributed by atoms with Crippen LogP contribution in [0.25, 0.3) is 0 Å². The number of aliphatic hydroxyl groups is 4. The molecule has 20 heteroatoms. The number of amides is 1. The fraction of sp³-hybridized carbons (Fsp3) is 0.750. The van der Waals surface area contributed by atoms with Gasteiger partial charge < -0.3 is 53.7 Å². The number of aliphatic hydroxyl groups excluding tert-OH is 3. The second-order valence-electron chi connectivity index (χ2n) is 23.1. The Kier molecular flexibility index (Phi) is 27.0. The van der Waals surface area contributed by atoms with Crippen LogP contribution in [0.3, 0.4) is 0 Å². The molecule has 2 bridgehead atoms. The molecule has 20 nitrogen and oxygen atoms in total. The number of piperidine rings is 1. The lowest BCUT2D eigenvalue weighted by atomic mass is 9.78. The van der Waals surface area contributed by atoms with Crippen LogP contribution >= 0.6 is 0 Å². The van der Waals surface area contributed by atoms with E-state index in [4.69, 9.17) is 28.4 Å². The van der Waals surface area contributed by atoms with Crippen LogP contribution in [0.4, 0.5) is 0 Å². The highest BCUT2D eigenvalue weighted by Crippen LogP contribution is 2.38. The molecule has 450 valence electrons. The average Bonchev–Trinajstić information content (AvgIpc) is 3.92. The van der Waals surface area contributed by atoms with E-state index in [-0.39, 0.29) is 80.7 Å². The Bertz CT molecular complexity index is 2280. The summed E-state index contributed by atoms with van der Waals surface area (Å²) in [5.74, 6) is -8.17. The summed E-state index contributed by atoms with van der Waals surface area (Å²) in [5.41, 5.74) is 1.82. The predicted molar refractivity (Wildman–Crippen MR) is 298 cm³/mol. The summed E-state index contributed by atoms with van der Waals surface area (Å²) >= 11 is 0. The van der Waals surface area contributed by atoms with Crippen LogP contribution in [0, 0.1) is 35.5 Å². The minimum absolute atomic E-state index is 0.00500. The van der Waals surface area contributed by atoms with Crippen LogP contribution < -0.4 is 0 Å². The Morgan fingerprint density at radius 3 is 2.29 bits per heavy atom. The molecule has 15 atom stereocenters. The van der Waals surface area contributed by atoms with E-state index in [1.54, 1.807) is 45.7 Å². The first-order valence-electron chi connectivity index (χ1n) is 29.1. The Hall–Kier alpha value is -4.35. The lowest BCUT2D eigenvalue weighted by Crippen LogP contribution is -2.61. The molecule has 4 aliphatic rings. The minimum Gasteiger partial charge on any atom is -0.460 e. The maximum Gasteiger partial charge on any atom is 0.329 e. The molecule has 4 N–H and O–H groups in total. The summed E-state index contributed by atoms with van der Waals surface area (Å²) in [6, 6.07) is -1.17. The molecule has 80 heavy (non-hydrogen) atoms. The summed E-state index contributed by atoms with van der Waals surface area (Å²) in [4.78, 5) is 74.8. The van der Waals surface area contributed by atoms with Gasteiger partial charge in [0, 0.05) is 78.1 Å². The van der Waals surface area contributed by atoms with Crippen LogP contribution in [0.2, 0.25) is 0 Å². The zero-order valence-electron chi connectivity index (χ0n) is 49.3. The van der Waals surface area contributed by atoms with Crippen LogP contribution in [0.5, 0.6) is 0 Å². The number of hydrogen-bond acceptors (Lipinski definition) is 18. The number of ether oxygens (including phenoxy) is 6. The second kappa shape index (κ2) is 32.5. The number of ketones is 3. The quantitative estimate of drug-likeness (QED) is 0.121. The zero-order chi connectivity index (χ0) is 58.7. The largest absolute Gasteiger partial charge is 0.460 e. The molecule has 0 radical (unpaired) electrons. The standard InChI is InChI=1S/C60H95N5O15/c1-38-16-12-11-13-17-39(2)51(75-8)34-47-21-19-44(7)60(74,80-47)57(71)58(72)65-23-15-14-18-48(65)59(73)79-52(35-49(68)40(3)31-43(6)55(70)56(77-10)54(69)42(5)30-38)41(4)32-45-20-22-50(53(33-45)76-9)78-37-46-36-64(62-61-46)25-24-63(26-28-66)27-29-67/h11-13,16-17,31,36,38,41-45,47-48,50-53,55-56,66-67,70,74H,14-15,18-30,32-35,37H2,1-10H3/b13-11?,16-12?,39-17?,40-31+/t38-,41-,42-,43?,44-,45+,47+,48+,50-,51+,52+,53-,55-,56+,60-/m1/s1. The predicted octanol–water partition coefficient (Wildman–Crippen LogP) is 5.28. The van der Waals surface area contributed by atoms with E-state index in [1.165, 1.54) is 12.0 Å². The molecule has 5 rings (SSSR count). The number of Topliss-reactive ketones (excluding diaryl/α,β-unsaturated/α-hetero) is 3. The van der Waals surface area contributed by atoms with Crippen molar-refractivity contribution in [2.45, 2.75) is 193 Å². The number of carbonyl (C=O) groups excluding carboxylic acids is 5. The molecule has 1 saturated carbocycles. The molecular weight excluding hydrogens is 1030 g/mol. The first kappa shape index (κ1) is 66.5. The van der Waals surface area contributed by atoms with Crippen molar-refractivity contribution in [3.05, 3.63) is 59.5 Å². The maximum atomic E-state index is 14.7. The number of allylic oxidation sites excluding steroid dienone is 6. The number of cyclic esters (lactones) is 1. The Morgan fingerprint density at radius 1 is 0.863 bits per heavy atom. The van der Waals surface area contributed by atoms with E-state index in [1.807, 2.05) is 69.2 Å². The van der Waals surface area contributed by atoms with Gasteiger partial charge in [-0.1, -0.05) is 76.3 Å². The summed E-state index contributed by atoms with van der Waals surface area (Å²) < 4.78 is 38.1. The van der Waals surface area contributed by atoms with Gasteiger partial charge in [-0.05, 0) is 107 Å². The van der Waals surface area contributed by atoms with Crippen molar-refractivity contribution < 1.29 is 72.8 Å². The van der Waals surface area contributed by atoms with Gasteiger partial charge in [-0.25, -0.2) is 4.79 Å². The number of carbonyl (C=O) groups is 5. The summed E-state index contributed by atoms with van der Waals surface area (Å²) in [6.45, 7) is 14.9. The van der Waals surface area contributed by atoms with Crippen molar-refractivity contribution in [1.29, 1.82) is 0 Å². The van der Waals surface area contributed by atoms with Crippen molar-refractivity contribution in [3.8, 4) is 0 Å². The Labute approximate surface area is 474 Å². The smallest absolute Gasteiger partial charge is 0.329 e. The monoisotopic (exact) mass is 1130 g/mol. The highest BCUT2D eigenvalue weighted by Gasteiger charge is 2.53. The number of fused-ring (bicyclic) bond motifs is 3. The molecule has 3 fully saturated rings. The van der Waals surface area contributed by atoms with Crippen LogP contribution in [-0.2, 0) is 65.5 Å². The lowest BCUT2D eigenvalue weighted by Gasteiger charge is -2.42. The highest BCUT2D eigenvalue weighted by molar-refractivity contribution is 6.39. The highest BCUT2D eigenvalue weighted by atomic mass is 16.6. The van der Waals surface area contributed by atoms with E-state index in [2.05, 4.69) is 10.3 Å². The number of rotatable bonds is 16. The molecule has 0 aromatic carbocycles. The number of aromatic nitrogens is 3. The number of methoxy groups -OCH3 is 3. The molecule has 1 amide bonds. The molecule has 1 aromatic rings. The van der Waals surface area contributed by atoms with Gasteiger partial charge in [-0.3, -0.25) is 28.8 Å². The summed E-state index contributed by atoms with van der Waals surface area (Å²) in [5, 5.41) is 50.9. The number of hydrogen-bond donors (Lipinski definition) is 4. The first-order valence-corrected chi connectivity index (χ1v) is 29.1.